The van der Waals surface area contributed by atoms with Gasteiger partial charge in [-0.2, -0.15) is 18.3 Å². The Labute approximate surface area is 181 Å². The number of halogens is 4. The molecular weight excluding hydrogens is 459 g/mol. The first kappa shape index (κ1) is 22.7. The second-order valence-electron chi connectivity index (χ2n) is 6.11. The van der Waals surface area contributed by atoms with Gasteiger partial charge in [0.25, 0.3) is 11.6 Å². The Bertz CT molecular complexity index is 1180. The number of nitrogens with one attached hydrogen (secondary N) is 1. The predicted octanol–water partition coefficient (Wildman–Crippen LogP) is 3.64. The molecule has 10 nitrogen and oxygen atoms in total. The highest BCUT2D eigenvalue weighted by Gasteiger charge is 2.31. The number of hydrogen-bond acceptors (Lipinski definition) is 7. The van der Waals surface area contributed by atoms with Gasteiger partial charge in [0.1, 0.15) is 18.2 Å². The van der Waals surface area contributed by atoms with Gasteiger partial charge in [0.2, 0.25) is 0 Å². The summed E-state index contributed by atoms with van der Waals surface area (Å²) in [4.78, 5) is 38.3. The van der Waals surface area contributed by atoms with Gasteiger partial charge in [-0.1, -0.05) is 11.6 Å². The van der Waals surface area contributed by atoms with Crippen LogP contribution in [0.5, 0.6) is 0 Å². The molecule has 3 rings (SSSR count). The maximum atomic E-state index is 13.1. The van der Waals surface area contributed by atoms with Crippen LogP contribution in [0.3, 0.4) is 0 Å². The van der Waals surface area contributed by atoms with Gasteiger partial charge in [-0.25, -0.2) is 14.5 Å². The molecule has 0 fully saturated rings. The first-order valence-electron chi connectivity index (χ1n) is 8.53. The molecule has 1 amide bonds. The molecule has 0 aliphatic rings. The number of ether oxygens (including phenoxy) is 1. The summed E-state index contributed by atoms with van der Waals surface area (Å²) in [7, 11) is 0. The lowest BCUT2D eigenvalue weighted by molar-refractivity contribution is -0.385. The van der Waals surface area contributed by atoms with Gasteiger partial charge in [0.15, 0.2) is 6.61 Å². The number of aromatic nitrogens is 3. The lowest BCUT2D eigenvalue weighted by Gasteiger charge is -2.14. The number of esters is 1. The zero-order chi connectivity index (χ0) is 23.5. The smallest absolute Gasteiger partial charge is 0.416 e. The first-order valence-corrected chi connectivity index (χ1v) is 8.91. The maximum Gasteiger partial charge on any atom is 0.416 e. The molecular formula is C18H11ClF3N5O5. The van der Waals surface area contributed by atoms with Gasteiger partial charge in [-0.3, -0.25) is 14.9 Å². The molecule has 2 aromatic carbocycles. The minimum absolute atomic E-state index is 0.0104. The lowest BCUT2D eigenvalue weighted by Crippen LogP contribution is -2.22. The van der Waals surface area contributed by atoms with E-state index in [9.17, 15) is 32.9 Å². The minimum Gasteiger partial charge on any atom is -0.452 e. The third kappa shape index (κ3) is 5.18. The van der Waals surface area contributed by atoms with E-state index in [1.165, 1.54) is 12.4 Å². The topological polar surface area (TPSA) is 129 Å². The van der Waals surface area contributed by atoms with Crippen molar-refractivity contribution in [3.05, 3.63) is 75.3 Å². The minimum atomic E-state index is -4.68. The van der Waals surface area contributed by atoms with Gasteiger partial charge in [0, 0.05) is 11.1 Å². The Balaban J connectivity index is 1.78. The van der Waals surface area contributed by atoms with Crippen molar-refractivity contribution in [1.82, 2.24) is 14.8 Å². The summed E-state index contributed by atoms with van der Waals surface area (Å²) >= 11 is 5.67. The zero-order valence-corrected chi connectivity index (χ0v) is 16.4. The molecule has 1 N–H and O–H groups in total. The summed E-state index contributed by atoms with van der Waals surface area (Å²) in [5.41, 5.74) is -2.32. The van der Waals surface area contributed by atoms with Crippen molar-refractivity contribution in [2.75, 3.05) is 11.9 Å². The summed E-state index contributed by atoms with van der Waals surface area (Å²) in [6.45, 7) is -0.925. The van der Waals surface area contributed by atoms with E-state index in [-0.39, 0.29) is 16.4 Å². The fourth-order valence-corrected chi connectivity index (χ4v) is 2.73. The lowest BCUT2D eigenvalue weighted by atomic mass is 10.1. The monoisotopic (exact) mass is 469 g/mol. The Morgan fingerprint density at radius 2 is 1.97 bits per heavy atom. The molecule has 1 heterocycles. The molecule has 14 heteroatoms. The van der Waals surface area contributed by atoms with E-state index < -0.39 is 46.4 Å². The van der Waals surface area contributed by atoms with Crippen LogP contribution in [0.1, 0.15) is 15.9 Å². The van der Waals surface area contributed by atoms with Gasteiger partial charge >= 0.3 is 12.1 Å². The molecule has 0 radical (unpaired) electrons. The van der Waals surface area contributed by atoms with E-state index >= 15 is 0 Å². The quantitative estimate of drug-likeness (QED) is 0.331. The molecule has 0 saturated carbocycles. The Hall–Kier alpha value is -4.00. The highest BCUT2D eigenvalue weighted by molar-refractivity contribution is 6.31. The van der Waals surface area contributed by atoms with Crippen LogP contribution >= 0.6 is 11.6 Å². The number of alkyl halides is 3. The van der Waals surface area contributed by atoms with Crippen molar-refractivity contribution in [1.29, 1.82) is 0 Å². The highest BCUT2D eigenvalue weighted by Crippen LogP contribution is 2.33. The van der Waals surface area contributed by atoms with E-state index in [0.717, 1.165) is 35.3 Å². The predicted molar refractivity (Wildman–Crippen MR) is 103 cm³/mol. The van der Waals surface area contributed by atoms with Gasteiger partial charge in [-0.05, 0) is 30.3 Å². The van der Waals surface area contributed by atoms with E-state index in [0.29, 0.717) is 6.07 Å². The average molecular weight is 470 g/mol. The SMILES string of the molecule is O=C(COC(=O)c1ccc(Cl)cc1[N+](=O)[O-])Nc1cc(C(F)(F)F)ccc1-n1cncn1. The fraction of sp³-hybridized carbons (Fsp3) is 0.111. The molecule has 1 aromatic heterocycles. The second kappa shape index (κ2) is 9.01. The number of carbonyl (C=O) groups is 2. The normalized spacial score (nSPS) is 11.1. The standard InChI is InChI=1S/C18H11ClF3N5O5/c19-11-2-3-12(15(6-11)27(30)31)17(29)32-7-16(28)25-13-5-10(18(20,21)22)1-4-14(13)26-9-23-8-24-26/h1-6,8-9H,7H2,(H,25,28). The molecule has 0 bridgehead atoms. The number of anilines is 1. The molecule has 0 atom stereocenters. The number of benzene rings is 2. The van der Waals surface area contributed by atoms with Crippen LogP contribution in [0, 0.1) is 10.1 Å². The number of hydrogen-bond donors (Lipinski definition) is 1. The van der Waals surface area contributed by atoms with Crippen molar-refractivity contribution in [3.8, 4) is 5.69 Å². The molecule has 0 unspecified atom stereocenters. The van der Waals surface area contributed by atoms with Crippen LogP contribution in [-0.2, 0) is 15.7 Å². The van der Waals surface area contributed by atoms with Gasteiger partial charge in [0.05, 0.1) is 21.9 Å². The van der Waals surface area contributed by atoms with Crippen molar-refractivity contribution < 1.29 is 32.4 Å². The molecule has 0 aliphatic heterocycles. The van der Waals surface area contributed by atoms with E-state index in [2.05, 4.69) is 15.4 Å². The van der Waals surface area contributed by atoms with Crippen LogP contribution in [-0.4, -0.2) is 38.2 Å². The number of nitrogens with zero attached hydrogens (tertiary/aromatic N) is 4. The van der Waals surface area contributed by atoms with E-state index in [4.69, 9.17) is 16.3 Å². The van der Waals surface area contributed by atoms with Crippen LogP contribution in [0.25, 0.3) is 5.69 Å². The molecule has 166 valence electrons. The molecule has 0 spiro atoms. The number of nitro groups is 1. The zero-order valence-electron chi connectivity index (χ0n) is 15.7. The Morgan fingerprint density at radius 1 is 1.22 bits per heavy atom. The van der Waals surface area contributed by atoms with Crippen LogP contribution < -0.4 is 5.32 Å². The number of rotatable bonds is 6. The van der Waals surface area contributed by atoms with Crippen molar-refractivity contribution in [2.45, 2.75) is 6.18 Å². The van der Waals surface area contributed by atoms with Gasteiger partial charge in [-0.15, -0.1) is 0 Å². The van der Waals surface area contributed by atoms with Crippen LogP contribution in [0.2, 0.25) is 5.02 Å². The third-order valence-corrected chi connectivity index (χ3v) is 4.21. The number of nitro benzene ring substituents is 1. The molecule has 0 saturated heterocycles. The molecule has 0 aliphatic carbocycles. The van der Waals surface area contributed by atoms with Crippen molar-refractivity contribution >= 4 is 34.9 Å². The number of amides is 1. The largest absolute Gasteiger partial charge is 0.452 e. The van der Waals surface area contributed by atoms with Crippen LogP contribution in [0.15, 0.2) is 49.1 Å². The summed E-state index contributed by atoms with van der Waals surface area (Å²) in [5.74, 6) is -2.18. The summed E-state index contributed by atoms with van der Waals surface area (Å²) in [6.07, 6.45) is -2.33. The fourth-order valence-electron chi connectivity index (χ4n) is 2.57. The van der Waals surface area contributed by atoms with E-state index in [1.807, 2.05) is 0 Å². The average Bonchev–Trinajstić information content (AvgIpc) is 3.25. The molecule has 32 heavy (non-hydrogen) atoms. The highest BCUT2D eigenvalue weighted by atomic mass is 35.5. The molecule has 3 aromatic rings. The number of carbonyl (C=O) groups excluding carboxylic acids is 2. The second-order valence-corrected chi connectivity index (χ2v) is 6.55. The van der Waals surface area contributed by atoms with Crippen molar-refractivity contribution in [2.24, 2.45) is 0 Å². The third-order valence-electron chi connectivity index (χ3n) is 3.97. The van der Waals surface area contributed by atoms with Gasteiger partial charge < -0.3 is 10.1 Å². The summed E-state index contributed by atoms with van der Waals surface area (Å²) in [6, 6.07) is 5.77. The Kier molecular flexibility index (Phi) is 6.39. The first-order chi connectivity index (χ1) is 15.1. The summed E-state index contributed by atoms with van der Waals surface area (Å²) in [5, 5.41) is 17.1. The van der Waals surface area contributed by atoms with E-state index in [1.54, 1.807) is 0 Å². The maximum absolute atomic E-state index is 13.1. The van der Waals surface area contributed by atoms with Crippen LogP contribution in [0.4, 0.5) is 24.5 Å². The Morgan fingerprint density at radius 3 is 2.59 bits per heavy atom. The van der Waals surface area contributed by atoms with Crippen molar-refractivity contribution in [3.63, 3.8) is 0 Å². The summed E-state index contributed by atoms with van der Waals surface area (Å²) < 4.78 is 45.1.